The maximum atomic E-state index is 14.9. The highest BCUT2D eigenvalue weighted by atomic mass is 32.1. The van der Waals surface area contributed by atoms with Crippen molar-refractivity contribution < 1.29 is 13.5 Å². The molecule has 3 heterocycles. The summed E-state index contributed by atoms with van der Waals surface area (Å²) in [6.07, 6.45) is 0.947. The summed E-state index contributed by atoms with van der Waals surface area (Å²) in [4.78, 5) is 5.97. The molecule has 2 atom stereocenters. The number of alkyl halides is 2. The Balaban J connectivity index is 1.39. The van der Waals surface area contributed by atoms with Gasteiger partial charge in [-0.15, -0.1) is 11.3 Å². The molecular formula is C28H34F2N2OS. The molecule has 0 spiro atoms. The van der Waals surface area contributed by atoms with Crippen LogP contribution < -0.4 is 4.74 Å². The lowest BCUT2D eigenvalue weighted by Gasteiger charge is -2.43. The lowest BCUT2D eigenvalue weighted by molar-refractivity contribution is 0.0666. The molecule has 0 bridgehead atoms. The summed E-state index contributed by atoms with van der Waals surface area (Å²) in [6, 6.07) is 17.2. The molecule has 5 rings (SSSR count). The predicted octanol–water partition coefficient (Wildman–Crippen LogP) is 6.27. The van der Waals surface area contributed by atoms with Crippen LogP contribution in [0.5, 0.6) is 5.75 Å². The molecule has 1 fully saturated rings. The van der Waals surface area contributed by atoms with Crippen molar-refractivity contribution in [2.45, 2.75) is 44.9 Å². The number of hydrogen-bond donors (Lipinski definition) is 0. The topological polar surface area (TPSA) is 15.7 Å². The van der Waals surface area contributed by atoms with Gasteiger partial charge in [-0.1, -0.05) is 30.3 Å². The molecule has 2 aliphatic heterocycles. The Morgan fingerprint density at radius 3 is 2.53 bits per heavy atom. The van der Waals surface area contributed by atoms with Gasteiger partial charge in [0.2, 0.25) is 0 Å². The van der Waals surface area contributed by atoms with Gasteiger partial charge >= 0.3 is 0 Å². The van der Waals surface area contributed by atoms with Crippen LogP contribution in [0, 0.1) is 5.92 Å². The van der Waals surface area contributed by atoms with Gasteiger partial charge in [-0.25, -0.2) is 4.39 Å². The van der Waals surface area contributed by atoms with Gasteiger partial charge in [-0.2, -0.15) is 0 Å². The first-order chi connectivity index (χ1) is 16.3. The van der Waals surface area contributed by atoms with Gasteiger partial charge in [0.25, 0.3) is 0 Å². The molecule has 0 N–H and O–H groups in total. The molecule has 0 unspecified atom stereocenters. The second kappa shape index (κ2) is 9.56. The molecule has 0 amide bonds. The van der Waals surface area contributed by atoms with E-state index in [2.05, 4.69) is 53.1 Å². The lowest BCUT2D eigenvalue weighted by Crippen LogP contribution is -2.49. The molecule has 3 nitrogen and oxygen atoms in total. The van der Waals surface area contributed by atoms with Crippen LogP contribution >= 0.6 is 11.3 Å². The normalized spacial score (nSPS) is 22.0. The average Bonchev–Trinajstić information content (AvgIpc) is 3.13. The largest absolute Gasteiger partial charge is 0.492 e. The maximum Gasteiger partial charge on any atom is 0.119 e. The van der Waals surface area contributed by atoms with E-state index in [1.54, 1.807) is 13.8 Å². The van der Waals surface area contributed by atoms with Crippen molar-refractivity contribution in [2.24, 2.45) is 5.92 Å². The number of benzene rings is 2. The van der Waals surface area contributed by atoms with Crippen LogP contribution in [0.3, 0.4) is 0 Å². The van der Waals surface area contributed by atoms with Gasteiger partial charge in [0.15, 0.2) is 0 Å². The summed E-state index contributed by atoms with van der Waals surface area (Å²) in [6.45, 7) is 8.79. The van der Waals surface area contributed by atoms with Crippen molar-refractivity contribution >= 4 is 21.4 Å². The Morgan fingerprint density at radius 1 is 1.09 bits per heavy atom. The molecule has 1 saturated heterocycles. The van der Waals surface area contributed by atoms with Crippen molar-refractivity contribution in [3.8, 4) is 5.75 Å². The summed E-state index contributed by atoms with van der Waals surface area (Å²) in [5.74, 6) is 1.04. The summed E-state index contributed by atoms with van der Waals surface area (Å²) >= 11 is 1.87. The number of fused-ring (bicyclic) bond motifs is 3. The van der Waals surface area contributed by atoms with E-state index in [0.717, 1.165) is 31.8 Å². The van der Waals surface area contributed by atoms with Gasteiger partial charge in [0, 0.05) is 47.7 Å². The van der Waals surface area contributed by atoms with Crippen LogP contribution in [0.25, 0.3) is 10.1 Å². The lowest BCUT2D eigenvalue weighted by atomic mass is 9.87. The summed E-state index contributed by atoms with van der Waals surface area (Å²) in [5, 5.41) is 1.28. The van der Waals surface area contributed by atoms with Crippen molar-refractivity contribution in [1.29, 1.82) is 0 Å². The molecule has 6 heteroatoms. The highest BCUT2D eigenvalue weighted by Crippen LogP contribution is 2.46. The van der Waals surface area contributed by atoms with Crippen LogP contribution in [0.1, 0.15) is 42.8 Å². The monoisotopic (exact) mass is 484 g/mol. The summed E-state index contributed by atoms with van der Waals surface area (Å²) in [7, 11) is 0. The summed E-state index contributed by atoms with van der Waals surface area (Å²) < 4.78 is 34.8. The van der Waals surface area contributed by atoms with Gasteiger partial charge in [0.1, 0.15) is 18.0 Å². The van der Waals surface area contributed by atoms with Gasteiger partial charge in [-0.05, 0) is 61.9 Å². The first kappa shape index (κ1) is 23.7. The highest BCUT2D eigenvalue weighted by Gasteiger charge is 2.38. The molecule has 2 aromatic carbocycles. The van der Waals surface area contributed by atoms with Gasteiger partial charge < -0.3 is 4.74 Å². The first-order valence-corrected chi connectivity index (χ1v) is 13.1. The SMILES string of the molecule is C[C@H]1Cc2sc3ccccc3c2[C@@H](c2ccc(OCCN3CC(CF)C3)cc2)N1CC(C)(C)F. The third-order valence-corrected chi connectivity index (χ3v) is 8.25. The molecule has 1 aromatic heterocycles. The third-order valence-electron chi connectivity index (χ3n) is 7.04. The van der Waals surface area contributed by atoms with E-state index < -0.39 is 5.67 Å². The van der Waals surface area contributed by atoms with E-state index in [-0.39, 0.29) is 24.7 Å². The zero-order valence-electron chi connectivity index (χ0n) is 20.3. The fraction of sp³-hybridized carbons (Fsp3) is 0.500. The maximum absolute atomic E-state index is 14.9. The second-order valence-electron chi connectivity index (χ2n) is 10.5. The van der Waals surface area contributed by atoms with E-state index in [1.165, 1.54) is 26.1 Å². The number of hydrogen-bond acceptors (Lipinski definition) is 4. The zero-order valence-corrected chi connectivity index (χ0v) is 21.1. The quantitative estimate of drug-likeness (QED) is 0.375. The fourth-order valence-electron chi connectivity index (χ4n) is 5.41. The smallest absolute Gasteiger partial charge is 0.119 e. The van der Waals surface area contributed by atoms with E-state index in [9.17, 15) is 8.78 Å². The van der Waals surface area contributed by atoms with E-state index in [0.29, 0.717) is 13.2 Å². The number of halogens is 2. The van der Waals surface area contributed by atoms with Crippen LogP contribution in [0.4, 0.5) is 8.78 Å². The Labute approximate surface area is 205 Å². The standard InChI is InChI=1S/C28H34F2N2OS/c1-19-14-25-26(23-6-4-5-7-24(23)34-25)27(32(19)18-28(2,3)30)21-8-10-22(11-9-21)33-13-12-31-16-20(15-29)17-31/h4-11,19-20,27H,12-18H2,1-3H3/t19-,27+/m0/s1. The molecule has 0 aliphatic carbocycles. The predicted molar refractivity (Wildman–Crippen MR) is 137 cm³/mol. The van der Waals surface area contributed by atoms with Crippen LogP contribution in [-0.2, 0) is 6.42 Å². The Bertz CT molecular complexity index is 1120. The van der Waals surface area contributed by atoms with Crippen molar-refractivity contribution in [3.63, 3.8) is 0 Å². The number of nitrogens with zero attached hydrogens (tertiary/aromatic N) is 2. The van der Waals surface area contributed by atoms with Crippen molar-refractivity contribution in [2.75, 3.05) is 39.5 Å². The minimum atomic E-state index is -1.28. The number of ether oxygens (including phenoxy) is 1. The molecular weight excluding hydrogens is 450 g/mol. The molecule has 0 radical (unpaired) electrons. The number of thiophene rings is 1. The van der Waals surface area contributed by atoms with Gasteiger partial charge in [0.05, 0.1) is 12.7 Å². The second-order valence-corrected chi connectivity index (χ2v) is 11.6. The van der Waals surface area contributed by atoms with Crippen LogP contribution in [-0.4, -0.2) is 61.0 Å². The number of rotatable bonds is 8. The number of likely N-dealkylation sites (tertiary alicyclic amines) is 1. The Hall–Kier alpha value is -2.02. The summed E-state index contributed by atoms with van der Waals surface area (Å²) in [5.41, 5.74) is 1.22. The first-order valence-electron chi connectivity index (χ1n) is 12.3. The van der Waals surface area contributed by atoms with E-state index in [1.807, 2.05) is 23.5 Å². The molecule has 3 aromatic rings. The van der Waals surface area contributed by atoms with Crippen LogP contribution in [0.15, 0.2) is 48.5 Å². The van der Waals surface area contributed by atoms with Crippen molar-refractivity contribution in [1.82, 2.24) is 9.80 Å². The minimum Gasteiger partial charge on any atom is -0.492 e. The zero-order chi connectivity index (χ0) is 23.9. The van der Waals surface area contributed by atoms with Gasteiger partial charge in [-0.3, -0.25) is 14.2 Å². The van der Waals surface area contributed by atoms with E-state index >= 15 is 0 Å². The van der Waals surface area contributed by atoms with Crippen molar-refractivity contribution in [3.05, 3.63) is 64.5 Å². The highest BCUT2D eigenvalue weighted by molar-refractivity contribution is 7.19. The molecule has 0 saturated carbocycles. The van der Waals surface area contributed by atoms with E-state index in [4.69, 9.17) is 4.74 Å². The minimum absolute atomic E-state index is 0.0118. The third kappa shape index (κ3) is 4.86. The molecule has 2 aliphatic rings. The average molecular weight is 485 g/mol. The van der Waals surface area contributed by atoms with Crippen LogP contribution in [0.2, 0.25) is 0 Å². The fourth-order valence-corrected chi connectivity index (χ4v) is 6.76. The molecule has 34 heavy (non-hydrogen) atoms. The molecule has 182 valence electrons. The Kier molecular flexibility index (Phi) is 6.66. The Morgan fingerprint density at radius 2 is 1.82 bits per heavy atom.